The van der Waals surface area contributed by atoms with Crippen LogP contribution in [0.25, 0.3) is 0 Å². The topological polar surface area (TPSA) is 63.7 Å². The Morgan fingerprint density at radius 3 is 2.48 bits per heavy atom. The molecule has 5 heteroatoms. The summed E-state index contributed by atoms with van der Waals surface area (Å²) in [5.74, 6) is -1.33. The number of carbonyl (C=O) groups is 3. The summed E-state index contributed by atoms with van der Waals surface area (Å²) in [5.41, 5.74) is 1.63. The van der Waals surface area contributed by atoms with Crippen LogP contribution in [0.5, 0.6) is 0 Å². The fourth-order valence-electron chi connectivity index (χ4n) is 3.28. The third kappa shape index (κ3) is 2.87. The Kier molecular flexibility index (Phi) is 4.20. The first-order valence-electron chi connectivity index (χ1n) is 8.18. The van der Waals surface area contributed by atoms with Crippen LogP contribution in [-0.4, -0.2) is 34.8 Å². The molecule has 0 radical (unpaired) electrons. The lowest BCUT2D eigenvalue weighted by Gasteiger charge is -2.26. The molecule has 2 amide bonds. The van der Waals surface area contributed by atoms with E-state index in [0.717, 1.165) is 36.1 Å². The predicted molar refractivity (Wildman–Crippen MR) is 84.1 cm³/mol. The molecule has 1 aliphatic heterocycles. The van der Waals surface area contributed by atoms with Crippen LogP contribution in [0.3, 0.4) is 0 Å². The zero-order chi connectivity index (χ0) is 16.6. The van der Waals surface area contributed by atoms with Crippen molar-refractivity contribution in [2.45, 2.75) is 58.1 Å². The van der Waals surface area contributed by atoms with Crippen molar-refractivity contribution in [3.05, 3.63) is 34.9 Å². The summed E-state index contributed by atoms with van der Waals surface area (Å²) in [6.07, 6.45) is 4.91. The minimum absolute atomic E-state index is 0.0869. The molecule has 3 rings (SSSR count). The van der Waals surface area contributed by atoms with E-state index in [9.17, 15) is 14.4 Å². The number of benzene rings is 1. The fraction of sp³-hybridized carbons (Fsp3) is 0.500. The molecule has 1 aromatic carbocycles. The number of amides is 2. The standard InChI is InChI=1S/C18H21NO4/c1-11-8-9-14-15(10-11)17(21)19(16(14)20)12(2)18(22)23-13-6-4-3-5-7-13/h8-10,12-13H,3-7H2,1-2H3. The molecule has 5 nitrogen and oxygen atoms in total. The third-order valence-corrected chi connectivity index (χ3v) is 4.64. The number of aryl methyl sites for hydroxylation is 1. The largest absolute Gasteiger partial charge is 0.461 e. The first-order valence-corrected chi connectivity index (χ1v) is 8.18. The number of fused-ring (bicyclic) bond motifs is 1. The molecule has 1 fully saturated rings. The molecule has 0 N–H and O–H groups in total. The molecule has 1 aromatic rings. The second-order valence-corrected chi connectivity index (χ2v) is 6.40. The number of carbonyl (C=O) groups excluding carboxylic acids is 3. The summed E-state index contributed by atoms with van der Waals surface area (Å²) in [7, 11) is 0. The normalized spacial score (nSPS) is 19.7. The second kappa shape index (κ2) is 6.14. The van der Waals surface area contributed by atoms with Gasteiger partial charge in [-0.15, -0.1) is 0 Å². The van der Waals surface area contributed by atoms with Crippen molar-refractivity contribution in [3.8, 4) is 0 Å². The summed E-state index contributed by atoms with van der Waals surface area (Å²) < 4.78 is 5.50. The molecule has 1 atom stereocenters. The number of nitrogens with zero attached hydrogens (tertiary/aromatic N) is 1. The number of esters is 1. The first-order chi connectivity index (χ1) is 11.0. The van der Waals surface area contributed by atoms with E-state index in [0.29, 0.717) is 11.1 Å². The molecule has 0 saturated heterocycles. The van der Waals surface area contributed by atoms with E-state index >= 15 is 0 Å². The molecule has 0 bridgehead atoms. The molecule has 122 valence electrons. The van der Waals surface area contributed by atoms with E-state index in [-0.39, 0.29) is 6.10 Å². The van der Waals surface area contributed by atoms with E-state index in [1.54, 1.807) is 25.1 Å². The summed E-state index contributed by atoms with van der Waals surface area (Å²) in [6.45, 7) is 3.42. The summed E-state index contributed by atoms with van der Waals surface area (Å²) >= 11 is 0. The molecular formula is C18H21NO4. The van der Waals surface area contributed by atoms with Crippen LogP contribution in [0.15, 0.2) is 18.2 Å². The molecule has 1 heterocycles. The number of hydrogen-bond donors (Lipinski definition) is 0. The van der Waals surface area contributed by atoms with E-state index in [4.69, 9.17) is 4.74 Å². The zero-order valence-electron chi connectivity index (χ0n) is 13.5. The van der Waals surface area contributed by atoms with Crippen LogP contribution in [0.2, 0.25) is 0 Å². The number of ether oxygens (including phenoxy) is 1. The van der Waals surface area contributed by atoms with Gasteiger partial charge < -0.3 is 4.74 Å². The number of hydrogen-bond acceptors (Lipinski definition) is 4. The van der Waals surface area contributed by atoms with E-state index in [2.05, 4.69) is 0 Å². The smallest absolute Gasteiger partial charge is 0.329 e. The minimum atomic E-state index is -0.898. The second-order valence-electron chi connectivity index (χ2n) is 6.40. The molecule has 2 aliphatic rings. The lowest BCUT2D eigenvalue weighted by atomic mass is 9.98. The molecule has 0 aromatic heterocycles. The zero-order valence-corrected chi connectivity index (χ0v) is 13.5. The Bertz CT molecular complexity index is 661. The molecule has 1 saturated carbocycles. The van der Waals surface area contributed by atoms with Gasteiger partial charge in [0.05, 0.1) is 11.1 Å². The highest BCUT2D eigenvalue weighted by atomic mass is 16.5. The van der Waals surface area contributed by atoms with E-state index in [1.807, 2.05) is 6.92 Å². The van der Waals surface area contributed by atoms with Crippen molar-refractivity contribution in [2.24, 2.45) is 0 Å². The Balaban J connectivity index is 1.75. The van der Waals surface area contributed by atoms with Crippen molar-refractivity contribution in [3.63, 3.8) is 0 Å². The minimum Gasteiger partial charge on any atom is -0.461 e. The monoisotopic (exact) mass is 315 g/mol. The van der Waals surface area contributed by atoms with Gasteiger partial charge in [-0.25, -0.2) is 4.79 Å². The van der Waals surface area contributed by atoms with Gasteiger partial charge in [0.1, 0.15) is 12.1 Å². The van der Waals surface area contributed by atoms with Gasteiger partial charge in [-0.3, -0.25) is 14.5 Å². The van der Waals surface area contributed by atoms with Gasteiger partial charge in [-0.1, -0.05) is 18.1 Å². The van der Waals surface area contributed by atoms with Crippen molar-refractivity contribution in [1.82, 2.24) is 4.90 Å². The van der Waals surface area contributed by atoms with Crippen LogP contribution in [0.4, 0.5) is 0 Å². The highest BCUT2D eigenvalue weighted by Gasteiger charge is 2.41. The number of imide groups is 1. The molecule has 1 unspecified atom stereocenters. The number of rotatable bonds is 3. The summed E-state index contributed by atoms with van der Waals surface area (Å²) in [6, 6.07) is 4.22. The van der Waals surface area contributed by atoms with Gasteiger partial charge in [0.25, 0.3) is 11.8 Å². The molecular weight excluding hydrogens is 294 g/mol. The Morgan fingerprint density at radius 1 is 1.13 bits per heavy atom. The third-order valence-electron chi connectivity index (χ3n) is 4.64. The molecule has 23 heavy (non-hydrogen) atoms. The van der Waals surface area contributed by atoms with Gasteiger partial charge in [0, 0.05) is 0 Å². The van der Waals surface area contributed by atoms with Crippen LogP contribution in [-0.2, 0) is 9.53 Å². The van der Waals surface area contributed by atoms with Crippen molar-refractivity contribution in [2.75, 3.05) is 0 Å². The first kappa shape index (κ1) is 15.7. The van der Waals surface area contributed by atoms with Gasteiger partial charge in [0.15, 0.2) is 0 Å². The maximum atomic E-state index is 12.5. The van der Waals surface area contributed by atoms with E-state index < -0.39 is 23.8 Å². The Labute approximate surface area is 135 Å². The predicted octanol–water partition coefficient (Wildman–Crippen LogP) is 2.86. The highest BCUT2D eigenvalue weighted by Crippen LogP contribution is 2.27. The van der Waals surface area contributed by atoms with Crippen LogP contribution in [0, 0.1) is 6.92 Å². The highest BCUT2D eigenvalue weighted by molar-refractivity contribution is 6.22. The van der Waals surface area contributed by atoms with Crippen LogP contribution in [0.1, 0.15) is 65.3 Å². The molecule has 0 spiro atoms. The SMILES string of the molecule is Cc1ccc2c(c1)C(=O)N(C(C)C(=O)OC1CCCCC1)C2=O. The van der Waals surface area contributed by atoms with E-state index in [1.165, 1.54) is 6.42 Å². The van der Waals surface area contributed by atoms with Gasteiger partial charge in [-0.05, 0) is 51.7 Å². The lowest BCUT2D eigenvalue weighted by molar-refractivity contribution is -0.154. The van der Waals surface area contributed by atoms with Crippen molar-refractivity contribution < 1.29 is 19.1 Å². The van der Waals surface area contributed by atoms with Gasteiger partial charge >= 0.3 is 5.97 Å². The Hall–Kier alpha value is -2.17. The average molecular weight is 315 g/mol. The van der Waals surface area contributed by atoms with Crippen molar-refractivity contribution in [1.29, 1.82) is 0 Å². The average Bonchev–Trinajstić information content (AvgIpc) is 2.78. The maximum absolute atomic E-state index is 12.5. The fourth-order valence-corrected chi connectivity index (χ4v) is 3.28. The molecule has 1 aliphatic carbocycles. The van der Waals surface area contributed by atoms with Crippen LogP contribution >= 0.6 is 0 Å². The lowest BCUT2D eigenvalue weighted by Crippen LogP contribution is -2.44. The summed E-state index contributed by atoms with van der Waals surface area (Å²) in [5, 5.41) is 0. The van der Waals surface area contributed by atoms with Crippen LogP contribution < -0.4 is 0 Å². The maximum Gasteiger partial charge on any atom is 0.329 e. The van der Waals surface area contributed by atoms with Gasteiger partial charge in [-0.2, -0.15) is 0 Å². The summed E-state index contributed by atoms with van der Waals surface area (Å²) in [4.78, 5) is 38.3. The Morgan fingerprint density at radius 2 is 1.78 bits per heavy atom. The van der Waals surface area contributed by atoms with Crippen molar-refractivity contribution >= 4 is 17.8 Å². The quantitative estimate of drug-likeness (QED) is 0.635. The van der Waals surface area contributed by atoms with Gasteiger partial charge in [0.2, 0.25) is 0 Å².